The molecule has 0 bridgehead atoms. The van der Waals surface area contributed by atoms with Gasteiger partial charge in [0.05, 0.1) is 9.77 Å². The van der Waals surface area contributed by atoms with E-state index in [4.69, 9.17) is 13.9 Å². The maximum atomic E-state index is 13.6. The monoisotopic (exact) mass is 446 g/mol. The summed E-state index contributed by atoms with van der Waals surface area (Å²) in [5.41, 5.74) is 0. The molecule has 0 N–H and O–H groups in total. The SMILES string of the molecule is O=S(=O)(c1ccc2c(c1)OCCO2)c1nc(-c2cccs2)oc1N1CCCCCC1. The van der Waals surface area contributed by atoms with Gasteiger partial charge < -0.3 is 18.8 Å². The van der Waals surface area contributed by atoms with Gasteiger partial charge in [-0.05, 0) is 36.4 Å². The lowest BCUT2D eigenvalue weighted by Gasteiger charge is -2.21. The fourth-order valence-corrected chi connectivity index (χ4v) is 5.74. The molecule has 0 spiro atoms. The quantitative estimate of drug-likeness (QED) is 0.588. The van der Waals surface area contributed by atoms with Crippen molar-refractivity contribution in [2.45, 2.75) is 35.6 Å². The molecule has 3 aromatic rings. The zero-order valence-corrected chi connectivity index (χ0v) is 18.0. The standard InChI is InChI=1S/C21H22N2O5S2/c24-30(25,15-7-8-16-17(14-15)27-12-11-26-16)20-21(23-9-3-1-2-4-10-23)28-19(22-20)18-6-5-13-29-18/h5-8,13-14H,1-4,9-12H2. The summed E-state index contributed by atoms with van der Waals surface area (Å²) in [5, 5.41) is 1.88. The number of rotatable bonds is 4. The Bertz CT molecular complexity index is 1130. The Morgan fingerprint density at radius 1 is 0.967 bits per heavy atom. The molecule has 0 saturated carbocycles. The van der Waals surface area contributed by atoms with Crippen molar-refractivity contribution in [1.82, 2.24) is 4.98 Å². The van der Waals surface area contributed by atoms with Gasteiger partial charge >= 0.3 is 0 Å². The maximum Gasteiger partial charge on any atom is 0.240 e. The first kappa shape index (κ1) is 19.4. The number of ether oxygens (including phenoxy) is 2. The Morgan fingerprint density at radius 3 is 2.47 bits per heavy atom. The van der Waals surface area contributed by atoms with Crippen LogP contribution >= 0.6 is 11.3 Å². The summed E-state index contributed by atoms with van der Waals surface area (Å²) in [4.78, 5) is 7.40. The van der Waals surface area contributed by atoms with E-state index >= 15 is 0 Å². The molecule has 0 atom stereocenters. The van der Waals surface area contributed by atoms with Gasteiger partial charge in [-0.3, -0.25) is 0 Å². The molecular formula is C21H22N2O5S2. The maximum absolute atomic E-state index is 13.6. The minimum Gasteiger partial charge on any atom is -0.486 e. The number of sulfone groups is 1. The second-order valence-corrected chi connectivity index (χ2v) is 10.1. The Labute approximate surface area is 179 Å². The largest absolute Gasteiger partial charge is 0.486 e. The predicted molar refractivity (Wildman–Crippen MR) is 113 cm³/mol. The number of aromatic nitrogens is 1. The van der Waals surface area contributed by atoms with E-state index in [2.05, 4.69) is 4.98 Å². The summed E-state index contributed by atoms with van der Waals surface area (Å²) in [6.07, 6.45) is 4.26. The molecule has 1 fully saturated rings. The van der Waals surface area contributed by atoms with Gasteiger partial charge in [-0.15, -0.1) is 11.3 Å². The average Bonchev–Trinajstić information content (AvgIpc) is 3.38. The Hall–Kier alpha value is -2.52. The van der Waals surface area contributed by atoms with Crippen molar-refractivity contribution in [2.75, 3.05) is 31.2 Å². The molecule has 2 aliphatic heterocycles. The Kier molecular flexibility index (Phi) is 5.16. The number of anilines is 1. The highest BCUT2D eigenvalue weighted by Gasteiger charge is 2.32. The van der Waals surface area contributed by atoms with Gasteiger partial charge in [0.1, 0.15) is 13.2 Å². The van der Waals surface area contributed by atoms with Gasteiger partial charge in [0.25, 0.3) is 0 Å². The molecular weight excluding hydrogens is 424 g/mol. The van der Waals surface area contributed by atoms with Crippen molar-refractivity contribution >= 4 is 27.1 Å². The van der Waals surface area contributed by atoms with Crippen LogP contribution in [0.2, 0.25) is 0 Å². The van der Waals surface area contributed by atoms with E-state index in [0.29, 0.717) is 36.5 Å². The van der Waals surface area contributed by atoms with Gasteiger partial charge in [0, 0.05) is 19.2 Å². The first-order valence-corrected chi connectivity index (χ1v) is 12.4. The number of hydrogen-bond acceptors (Lipinski definition) is 8. The second-order valence-electron chi connectivity index (χ2n) is 7.32. The highest BCUT2D eigenvalue weighted by Crippen LogP contribution is 2.39. The molecule has 7 nitrogen and oxygen atoms in total. The lowest BCUT2D eigenvalue weighted by Crippen LogP contribution is -2.25. The van der Waals surface area contributed by atoms with E-state index in [1.807, 2.05) is 22.4 Å². The number of fused-ring (bicyclic) bond motifs is 1. The number of hydrogen-bond donors (Lipinski definition) is 0. The third-order valence-corrected chi connectivity index (χ3v) is 7.79. The molecule has 30 heavy (non-hydrogen) atoms. The van der Waals surface area contributed by atoms with Crippen LogP contribution in [0.5, 0.6) is 11.5 Å². The topological polar surface area (TPSA) is 81.9 Å². The fraction of sp³-hybridized carbons (Fsp3) is 0.381. The predicted octanol–water partition coefficient (Wildman–Crippen LogP) is 4.39. The molecule has 0 amide bonds. The zero-order valence-electron chi connectivity index (χ0n) is 16.4. The summed E-state index contributed by atoms with van der Waals surface area (Å²) in [6.45, 7) is 2.35. The van der Waals surface area contributed by atoms with Gasteiger partial charge in [-0.2, -0.15) is 4.98 Å². The highest BCUT2D eigenvalue weighted by molar-refractivity contribution is 7.91. The summed E-state index contributed by atoms with van der Waals surface area (Å²) in [6, 6.07) is 8.45. The van der Waals surface area contributed by atoms with Gasteiger partial charge in [0.15, 0.2) is 11.5 Å². The number of oxazole rings is 1. The Morgan fingerprint density at radius 2 is 1.73 bits per heavy atom. The summed E-state index contributed by atoms with van der Waals surface area (Å²) in [5.74, 6) is 1.64. The van der Waals surface area contributed by atoms with E-state index in [9.17, 15) is 8.42 Å². The molecule has 2 aromatic heterocycles. The van der Waals surface area contributed by atoms with E-state index < -0.39 is 9.84 Å². The third kappa shape index (κ3) is 3.56. The van der Waals surface area contributed by atoms with Crippen LogP contribution < -0.4 is 14.4 Å². The molecule has 1 aromatic carbocycles. The average molecular weight is 447 g/mol. The van der Waals surface area contributed by atoms with Gasteiger partial charge in [-0.25, -0.2) is 8.42 Å². The van der Waals surface area contributed by atoms with Gasteiger partial charge in [-0.1, -0.05) is 18.9 Å². The number of nitrogens with zero attached hydrogens (tertiary/aromatic N) is 2. The molecule has 0 aliphatic carbocycles. The minimum absolute atomic E-state index is 0.0375. The minimum atomic E-state index is -3.91. The summed E-state index contributed by atoms with van der Waals surface area (Å²) in [7, 11) is -3.91. The van der Waals surface area contributed by atoms with E-state index in [1.54, 1.807) is 6.07 Å². The van der Waals surface area contributed by atoms with E-state index in [-0.39, 0.29) is 9.92 Å². The molecule has 9 heteroatoms. The molecule has 158 valence electrons. The molecule has 2 aliphatic rings. The number of thiophene rings is 1. The zero-order chi connectivity index (χ0) is 20.6. The normalized spacial score (nSPS) is 17.0. The van der Waals surface area contributed by atoms with Crippen LogP contribution in [0.3, 0.4) is 0 Å². The van der Waals surface area contributed by atoms with Crippen molar-refractivity contribution in [1.29, 1.82) is 0 Å². The second kappa shape index (κ2) is 7.96. The van der Waals surface area contributed by atoms with Crippen molar-refractivity contribution < 1.29 is 22.3 Å². The van der Waals surface area contributed by atoms with Crippen LogP contribution in [0.1, 0.15) is 25.7 Å². The molecule has 0 unspecified atom stereocenters. The highest BCUT2D eigenvalue weighted by atomic mass is 32.2. The summed E-state index contributed by atoms with van der Waals surface area (Å²) < 4.78 is 44.4. The summed E-state index contributed by atoms with van der Waals surface area (Å²) >= 11 is 1.47. The third-order valence-electron chi connectivity index (χ3n) is 5.28. The first-order chi connectivity index (χ1) is 14.6. The van der Waals surface area contributed by atoms with Crippen LogP contribution in [0.25, 0.3) is 10.8 Å². The van der Waals surface area contributed by atoms with Crippen molar-refractivity contribution in [3.63, 3.8) is 0 Å². The van der Waals surface area contributed by atoms with Gasteiger partial charge in [0.2, 0.25) is 26.6 Å². The van der Waals surface area contributed by atoms with Crippen LogP contribution in [0.4, 0.5) is 5.88 Å². The molecule has 0 radical (unpaired) electrons. The van der Waals surface area contributed by atoms with Crippen LogP contribution in [0, 0.1) is 0 Å². The van der Waals surface area contributed by atoms with Crippen molar-refractivity contribution in [3.8, 4) is 22.3 Å². The Balaban J connectivity index is 1.61. The van der Waals surface area contributed by atoms with Crippen LogP contribution in [0.15, 0.2) is 50.1 Å². The van der Waals surface area contributed by atoms with E-state index in [1.165, 1.54) is 23.5 Å². The lowest BCUT2D eigenvalue weighted by atomic mass is 10.2. The molecule has 5 rings (SSSR count). The molecule has 4 heterocycles. The fourth-order valence-electron chi connectivity index (χ4n) is 3.75. The lowest BCUT2D eigenvalue weighted by molar-refractivity contribution is 0.171. The number of benzene rings is 1. The van der Waals surface area contributed by atoms with Crippen LogP contribution in [-0.2, 0) is 9.84 Å². The molecule has 1 saturated heterocycles. The van der Waals surface area contributed by atoms with E-state index in [0.717, 1.165) is 43.6 Å². The van der Waals surface area contributed by atoms with Crippen LogP contribution in [-0.4, -0.2) is 39.7 Å². The van der Waals surface area contributed by atoms with Crippen molar-refractivity contribution in [2.24, 2.45) is 0 Å². The van der Waals surface area contributed by atoms with Crippen molar-refractivity contribution in [3.05, 3.63) is 35.7 Å². The smallest absolute Gasteiger partial charge is 0.240 e. The first-order valence-electron chi connectivity index (χ1n) is 10.1.